The molecule has 0 saturated carbocycles. The molecule has 57 heavy (non-hydrogen) atoms. The third kappa shape index (κ3) is 6.90. The number of fused-ring (bicyclic) bond motifs is 1. The fraction of sp³-hybridized carbons (Fsp3) is 0. The third-order valence-electron chi connectivity index (χ3n) is 10.3. The predicted octanol–water partition coefficient (Wildman–Crippen LogP) is 12.9. The Hall–Kier alpha value is -7.76. The maximum Gasteiger partial charge on any atom is 0.174 e. The second kappa shape index (κ2) is 14.8. The Balaban J connectivity index is 1.22. The van der Waals surface area contributed by atoms with Crippen LogP contribution in [-0.2, 0) is 0 Å². The highest BCUT2D eigenvalue weighted by atomic mass is 15.5. The first-order chi connectivity index (χ1) is 28.2. The molecule has 10 aromatic rings. The predicted molar refractivity (Wildman–Crippen MR) is 233 cm³/mol. The van der Waals surface area contributed by atoms with E-state index in [1.807, 2.05) is 36.4 Å². The van der Waals surface area contributed by atoms with Gasteiger partial charge in [-0.1, -0.05) is 133 Å². The zero-order valence-electron chi connectivity index (χ0n) is 30.9. The van der Waals surface area contributed by atoms with E-state index < -0.39 is 0 Å². The average Bonchev–Trinajstić information content (AvgIpc) is 3.75. The van der Waals surface area contributed by atoms with Gasteiger partial charge < -0.3 is 0 Å². The molecular formula is C52H35N5. The van der Waals surface area contributed by atoms with Gasteiger partial charge in [-0.2, -0.15) is 0 Å². The summed E-state index contributed by atoms with van der Waals surface area (Å²) < 4.78 is 0. The minimum atomic E-state index is 0.613. The van der Waals surface area contributed by atoms with Crippen molar-refractivity contribution in [3.8, 4) is 84.0 Å². The fourth-order valence-electron chi connectivity index (χ4n) is 7.47. The molecule has 7 aromatic carbocycles. The van der Waals surface area contributed by atoms with Crippen LogP contribution in [0.3, 0.4) is 0 Å². The number of rotatable bonds is 8. The first-order valence-electron chi connectivity index (χ1n) is 19.0. The Morgan fingerprint density at radius 1 is 0.316 bits per heavy atom. The first-order valence-corrected chi connectivity index (χ1v) is 19.0. The molecule has 5 nitrogen and oxygen atoms in total. The van der Waals surface area contributed by atoms with Crippen molar-refractivity contribution in [3.05, 3.63) is 212 Å². The molecule has 0 aliphatic heterocycles. The van der Waals surface area contributed by atoms with E-state index in [4.69, 9.17) is 15.2 Å². The lowest BCUT2D eigenvalue weighted by molar-refractivity contribution is 0.742. The molecule has 5 heteroatoms. The molecule has 0 N–H and O–H groups in total. The lowest BCUT2D eigenvalue weighted by Crippen LogP contribution is -2.02. The maximum atomic E-state index is 5.19. The largest absolute Gasteiger partial charge is 0.255 e. The number of nitrogens with zero attached hydrogens (tertiary/aromatic N) is 5. The van der Waals surface area contributed by atoms with Crippen molar-refractivity contribution in [2.45, 2.75) is 0 Å². The van der Waals surface area contributed by atoms with Gasteiger partial charge in [-0.15, -0.1) is 15.0 Å². The average molecular weight is 730 g/mol. The maximum absolute atomic E-state index is 5.19. The van der Waals surface area contributed by atoms with Gasteiger partial charge in [-0.05, 0) is 134 Å². The van der Waals surface area contributed by atoms with Gasteiger partial charge in [0.05, 0.1) is 11.4 Å². The molecule has 0 spiro atoms. The lowest BCUT2D eigenvalue weighted by Gasteiger charge is -2.14. The van der Waals surface area contributed by atoms with Crippen LogP contribution in [-0.4, -0.2) is 25.0 Å². The SMILES string of the molecule is c1ccc(-c2cc(-c3ccccc3)cc(-c3cc(-c4cc(-c5ccccc5)cc(-c5ccccc5)c4)c4nn(-c5cccc(-c6ccccn6)n5)nc4c3)c2)cc1. The van der Waals surface area contributed by atoms with Crippen molar-refractivity contribution < 1.29 is 0 Å². The summed E-state index contributed by atoms with van der Waals surface area (Å²) in [5, 5.41) is 10.3. The zero-order chi connectivity index (χ0) is 38.0. The summed E-state index contributed by atoms with van der Waals surface area (Å²) in [5.41, 5.74) is 16.4. The van der Waals surface area contributed by atoms with E-state index >= 15 is 0 Å². The van der Waals surface area contributed by atoms with Gasteiger partial charge in [0.1, 0.15) is 11.0 Å². The monoisotopic (exact) mass is 729 g/mol. The molecule has 0 aliphatic rings. The minimum absolute atomic E-state index is 0.613. The van der Waals surface area contributed by atoms with Gasteiger partial charge in [0, 0.05) is 11.8 Å². The topological polar surface area (TPSA) is 56.5 Å². The highest BCUT2D eigenvalue weighted by molar-refractivity contribution is 5.98. The van der Waals surface area contributed by atoms with Crippen molar-refractivity contribution in [1.82, 2.24) is 25.0 Å². The van der Waals surface area contributed by atoms with Gasteiger partial charge in [-0.3, -0.25) is 4.98 Å². The highest BCUT2D eigenvalue weighted by Crippen LogP contribution is 2.40. The van der Waals surface area contributed by atoms with E-state index in [2.05, 4.69) is 175 Å². The first kappa shape index (κ1) is 33.8. The Morgan fingerprint density at radius 3 is 1.25 bits per heavy atom. The molecule has 0 radical (unpaired) electrons. The molecule has 3 aromatic heterocycles. The lowest BCUT2D eigenvalue weighted by atomic mass is 9.90. The Kier molecular flexibility index (Phi) is 8.78. The molecule has 3 heterocycles. The van der Waals surface area contributed by atoms with Crippen LogP contribution in [0, 0.1) is 0 Å². The summed E-state index contributed by atoms with van der Waals surface area (Å²) in [6.07, 6.45) is 1.78. The quantitative estimate of drug-likeness (QED) is 0.156. The summed E-state index contributed by atoms with van der Waals surface area (Å²) in [6.45, 7) is 0. The third-order valence-corrected chi connectivity index (χ3v) is 10.3. The Morgan fingerprint density at radius 2 is 0.754 bits per heavy atom. The van der Waals surface area contributed by atoms with Crippen molar-refractivity contribution in [2.24, 2.45) is 0 Å². The smallest absolute Gasteiger partial charge is 0.174 e. The Labute approximate surface area is 331 Å². The number of pyridine rings is 2. The van der Waals surface area contributed by atoms with Crippen LogP contribution in [0.5, 0.6) is 0 Å². The molecular weight excluding hydrogens is 695 g/mol. The van der Waals surface area contributed by atoms with E-state index in [0.29, 0.717) is 5.82 Å². The van der Waals surface area contributed by atoms with E-state index in [1.165, 1.54) is 0 Å². The summed E-state index contributed by atoms with van der Waals surface area (Å²) in [5.74, 6) is 0.613. The van der Waals surface area contributed by atoms with Crippen LogP contribution >= 0.6 is 0 Å². The van der Waals surface area contributed by atoms with Crippen molar-refractivity contribution in [1.29, 1.82) is 0 Å². The van der Waals surface area contributed by atoms with Gasteiger partial charge in [-0.25, -0.2) is 4.98 Å². The zero-order valence-corrected chi connectivity index (χ0v) is 30.9. The van der Waals surface area contributed by atoms with Crippen LogP contribution in [0.25, 0.3) is 95.0 Å². The summed E-state index contributed by atoms with van der Waals surface area (Å²) >= 11 is 0. The number of hydrogen-bond donors (Lipinski definition) is 0. The van der Waals surface area contributed by atoms with Gasteiger partial charge >= 0.3 is 0 Å². The van der Waals surface area contributed by atoms with Crippen LogP contribution in [0.4, 0.5) is 0 Å². The fourth-order valence-corrected chi connectivity index (χ4v) is 7.47. The van der Waals surface area contributed by atoms with Crippen LogP contribution in [0.2, 0.25) is 0 Å². The molecule has 0 aliphatic carbocycles. The van der Waals surface area contributed by atoms with Gasteiger partial charge in [0.25, 0.3) is 0 Å². The van der Waals surface area contributed by atoms with Crippen molar-refractivity contribution >= 4 is 11.0 Å². The second-order valence-electron chi connectivity index (χ2n) is 14.0. The van der Waals surface area contributed by atoms with Crippen LogP contribution < -0.4 is 0 Å². The molecule has 0 saturated heterocycles. The van der Waals surface area contributed by atoms with Gasteiger partial charge in [0.15, 0.2) is 5.82 Å². The molecule has 0 bridgehead atoms. The molecule has 0 amide bonds. The van der Waals surface area contributed by atoms with Crippen LogP contribution in [0.15, 0.2) is 212 Å². The molecule has 268 valence electrons. The van der Waals surface area contributed by atoms with E-state index in [9.17, 15) is 0 Å². The molecule has 10 rings (SSSR count). The summed E-state index contributed by atoms with van der Waals surface area (Å²) in [6, 6.07) is 72.1. The number of hydrogen-bond acceptors (Lipinski definition) is 4. The van der Waals surface area contributed by atoms with E-state index in [0.717, 1.165) is 89.2 Å². The van der Waals surface area contributed by atoms with Gasteiger partial charge in [0.2, 0.25) is 0 Å². The standard InChI is InChI=1S/C52H35N5/c1-5-16-36(17-6-1)40-28-41(37-18-7-2-8-19-37)31-44(30-40)45-34-47(46-32-42(38-20-9-3-10-21-38)29-43(33-46)39-22-11-4-12-23-39)52-50(35-45)55-57(56-52)51-26-15-25-49(54-51)48-24-13-14-27-53-48/h1-35H. The number of benzene rings is 7. The minimum Gasteiger partial charge on any atom is -0.255 e. The van der Waals surface area contributed by atoms with E-state index in [1.54, 1.807) is 11.0 Å². The molecule has 0 fully saturated rings. The normalized spacial score (nSPS) is 11.2. The van der Waals surface area contributed by atoms with Crippen molar-refractivity contribution in [3.63, 3.8) is 0 Å². The molecule has 0 atom stereocenters. The highest BCUT2D eigenvalue weighted by Gasteiger charge is 2.18. The van der Waals surface area contributed by atoms with E-state index in [-0.39, 0.29) is 0 Å². The van der Waals surface area contributed by atoms with Crippen molar-refractivity contribution in [2.75, 3.05) is 0 Å². The summed E-state index contributed by atoms with van der Waals surface area (Å²) in [7, 11) is 0. The van der Waals surface area contributed by atoms with Crippen LogP contribution in [0.1, 0.15) is 0 Å². The summed E-state index contributed by atoms with van der Waals surface area (Å²) in [4.78, 5) is 11.2. The Bertz CT molecular complexity index is 2860. The molecule has 0 unspecified atom stereocenters. The second-order valence-corrected chi connectivity index (χ2v) is 14.0. The number of aromatic nitrogens is 5.